The third-order valence-electron chi connectivity index (χ3n) is 5.90. The van der Waals surface area contributed by atoms with Crippen molar-refractivity contribution in [2.75, 3.05) is 6.54 Å². The molecule has 2 atom stereocenters. The van der Waals surface area contributed by atoms with Gasteiger partial charge in [-0.2, -0.15) is 0 Å². The van der Waals surface area contributed by atoms with Gasteiger partial charge in [-0.3, -0.25) is 0 Å². The Morgan fingerprint density at radius 1 is 1.12 bits per heavy atom. The second kappa shape index (κ2) is 10.6. The van der Waals surface area contributed by atoms with Crippen molar-refractivity contribution in [3.05, 3.63) is 57.3 Å². The van der Waals surface area contributed by atoms with Gasteiger partial charge in [0, 0.05) is 34.5 Å². The average molecular weight is 477 g/mol. The van der Waals surface area contributed by atoms with Gasteiger partial charge in [0.25, 0.3) is 0 Å². The number of aliphatic hydroxyl groups excluding tert-OH is 1. The number of thiophene rings is 1. The van der Waals surface area contributed by atoms with Gasteiger partial charge in [-0.05, 0) is 43.0 Å². The Bertz CT molecular complexity index is 950. The zero-order chi connectivity index (χ0) is 23.4. The molecule has 2 aromatic rings. The van der Waals surface area contributed by atoms with Crippen LogP contribution in [0.1, 0.15) is 48.1 Å². The first-order chi connectivity index (χ1) is 15.1. The monoisotopic (exact) mass is 476 g/mol. The standard InChI is InChI=1S/C25H34F2N2OSSi/c1-32(2,3)10-7-18-14-24(31-17-18)25(8-5-4-6-9-25)29-16-23(30)22(28)13-19-11-20(26)15-21(27)12-19/h11-12,14-15,17,22-23,29-30H,4-6,8-9,13,16,28H2,1-3H3. The highest BCUT2D eigenvalue weighted by Gasteiger charge is 2.35. The lowest BCUT2D eigenvalue weighted by Crippen LogP contribution is -2.50. The minimum atomic E-state index is -1.44. The quantitative estimate of drug-likeness (QED) is 0.392. The van der Waals surface area contributed by atoms with Crippen molar-refractivity contribution in [1.82, 2.24) is 5.32 Å². The lowest BCUT2D eigenvalue weighted by atomic mass is 9.80. The Kier molecular flexibility index (Phi) is 8.29. The molecule has 0 spiro atoms. The highest BCUT2D eigenvalue weighted by atomic mass is 32.1. The molecule has 0 radical (unpaired) electrons. The fourth-order valence-corrected chi connectivity index (χ4v) is 5.76. The van der Waals surface area contributed by atoms with Gasteiger partial charge in [-0.15, -0.1) is 16.9 Å². The highest BCUT2D eigenvalue weighted by molar-refractivity contribution is 7.10. The van der Waals surface area contributed by atoms with Crippen LogP contribution in [0.4, 0.5) is 8.78 Å². The molecule has 32 heavy (non-hydrogen) atoms. The highest BCUT2D eigenvalue weighted by Crippen LogP contribution is 2.40. The van der Waals surface area contributed by atoms with Gasteiger partial charge in [-0.25, -0.2) is 8.78 Å². The number of hydrogen-bond donors (Lipinski definition) is 3. The molecular formula is C25H34F2N2OSSi. The van der Waals surface area contributed by atoms with Crippen molar-refractivity contribution in [3.63, 3.8) is 0 Å². The van der Waals surface area contributed by atoms with Crippen LogP contribution in [-0.4, -0.2) is 31.9 Å². The number of nitrogens with one attached hydrogen (secondary N) is 1. The molecule has 0 saturated heterocycles. The molecule has 1 aliphatic rings. The average Bonchev–Trinajstić information content (AvgIpc) is 3.20. The number of benzene rings is 1. The summed E-state index contributed by atoms with van der Waals surface area (Å²) in [7, 11) is -1.44. The predicted octanol–water partition coefficient (Wildman–Crippen LogP) is 4.94. The molecule has 1 aromatic heterocycles. The maximum Gasteiger partial charge on any atom is 0.129 e. The van der Waals surface area contributed by atoms with Crippen LogP contribution in [0.3, 0.4) is 0 Å². The van der Waals surface area contributed by atoms with Crippen LogP contribution in [0.5, 0.6) is 0 Å². The van der Waals surface area contributed by atoms with E-state index in [0.717, 1.165) is 37.3 Å². The largest absolute Gasteiger partial charge is 0.390 e. The molecule has 174 valence electrons. The van der Waals surface area contributed by atoms with E-state index >= 15 is 0 Å². The first kappa shape index (κ1) is 25.1. The summed E-state index contributed by atoms with van der Waals surface area (Å²) >= 11 is 1.73. The molecule has 3 rings (SSSR count). The van der Waals surface area contributed by atoms with Crippen LogP contribution in [0.15, 0.2) is 29.6 Å². The van der Waals surface area contributed by atoms with Crippen molar-refractivity contribution in [3.8, 4) is 11.5 Å². The molecule has 0 aliphatic heterocycles. The van der Waals surface area contributed by atoms with Crippen LogP contribution in [0.2, 0.25) is 19.6 Å². The second-order valence-electron chi connectivity index (χ2n) is 9.94. The number of hydrogen-bond acceptors (Lipinski definition) is 4. The number of aliphatic hydroxyl groups is 1. The number of halogens is 2. The van der Waals surface area contributed by atoms with E-state index in [1.54, 1.807) is 11.3 Å². The minimum Gasteiger partial charge on any atom is -0.390 e. The third kappa shape index (κ3) is 6.97. The van der Waals surface area contributed by atoms with Gasteiger partial charge >= 0.3 is 0 Å². The van der Waals surface area contributed by atoms with Crippen molar-refractivity contribution in [1.29, 1.82) is 0 Å². The maximum atomic E-state index is 13.5. The van der Waals surface area contributed by atoms with Crippen LogP contribution in [0.25, 0.3) is 0 Å². The van der Waals surface area contributed by atoms with E-state index in [-0.39, 0.29) is 12.0 Å². The molecule has 1 saturated carbocycles. The van der Waals surface area contributed by atoms with Crippen molar-refractivity contribution in [2.45, 2.75) is 75.9 Å². The molecule has 4 N–H and O–H groups in total. The molecule has 3 nitrogen and oxygen atoms in total. The van der Waals surface area contributed by atoms with E-state index in [4.69, 9.17) is 5.73 Å². The Morgan fingerprint density at radius 3 is 2.41 bits per heavy atom. The molecule has 7 heteroatoms. The summed E-state index contributed by atoms with van der Waals surface area (Å²) in [6, 6.07) is 4.94. The third-order valence-corrected chi connectivity index (χ3v) is 7.91. The van der Waals surface area contributed by atoms with E-state index in [1.165, 1.54) is 23.4 Å². The zero-order valence-electron chi connectivity index (χ0n) is 19.2. The van der Waals surface area contributed by atoms with E-state index in [1.807, 2.05) is 0 Å². The van der Waals surface area contributed by atoms with Crippen molar-refractivity contribution >= 4 is 19.4 Å². The van der Waals surface area contributed by atoms with Gasteiger partial charge in [0.2, 0.25) is 0 Å². The zero-order valence-corrected chi connectivity index (χ0v) is 21.0. The Balaban J connectivity index is 1.69. The molecule has 2 unspecified atom stereocenters. The minimum absolute atomic E-state index is 0.187. The Morgan fingerprint density at radius 2 is 1.78 bits per heavy atom. The normalized spacial score (nSPS) is 18.0. The van der Waals surface area contributed by atoms with E-state index in [0.29, 0.717) is 12.1 Å². The molecule has 1 heterocycles. The van der Waals surface area contributed by atoms with Gasteiger partial charge in [-0.1, -0.05) is 44.8 Å². The fourth-order valence-electron chi connectivity index (χ4n) is 4.17. The smallest absolute Gasteiger partial charge is 0.129 e. The maximum absolute atomic E-state index is 13.5. The van der Waals surface area contributed by atoms with Gasteiger partial charge in [0.1, 0.15) is 19.7 Å². The van der Waals surface area contributed by atoms with Gasteiger partial charge in [0.05, 0.1) is 11.6 Å². The van der Waals surface area contributed by atoms with Crippen LogP contribution in [-0.2, 0) is 12.0 Å². The summed E-state index contributed by atoms with van der Waals surface area (Å²) in [5.74, 6) is 2.08. The summed E-state index contributed by atoms with van der Waals surface area (Å²) in [4.78, 5) is 1.25. The summed E-state index contributed by atoms with van der Waals surface area (Å²) in [5.41, 5.74) is 10.9. The fraction of sp³-hybridized carbons (Fsp3) is 0.520. The summed E-state index contributed by atoms with van der Waals surface area (Å²) in [5, 5.41) is 16.4. The topological polar surface area (TPSA) is 58.3 Å². The summed E-state index contributed by atoms with van der Waals surface area (Å²) < 4.78 is 26.9. The van der Waals surface area contributed by atoms with E-state index in [9.17, 15) is 13.9 Å². The molecule has 0 bridgehead atoms. The summed E-state index contributed by atoms with van der Waals surface area (Å²) in [6.45, 7) is 7.04. The number of nitrogens with two attached hydrogens (primary N) is 1. The van der Waals surface area contributed by atoms with Gasteiger partial charge in [0.15, 0.2) is 0 Å². The van der Waals surface area contributed by atoms with Crippen molar-refractivity contribution in [2.24, 2.45) is 5.73 Å². The van der Waals surface area contributed by atoms with E-state index in [2.05, 4.69) is 47.9 Å². The second-order valence-corrected chi connectivity index (χ2v) is 15.6. The van der Waals surface area contributed by atoms with Crippen LogP contribution >= 0.6 is 11.3 Å². The lowest BCUT2D eigenvalue weighted by Gasteiger charge is -2.39. The van der Waals surface area contributed by atoms with Crippen molar-refractivity contribution < 1.29 is 13.9 Å². The van der Waals surface area contributed by atoms with Crippen LogP contribution < -0.4 is 11.1 Å². The van der Waals surface area contributed by atoms with Gasteiger partial charge < -0.3 is 16.2 Å². The SMILES string of the molecule is C[Si](C)(C)C#Cc1csc(C2(NCC(O)C(N)Cc3cc(F)cc(F)c3)CCCCC2)c1. The van der Waals surface area contributed by atoms with Crippen LogP contribution in [0, 0.1) is 23.1 Å². The lowest BCUT2D eigenvalue weighted by molar-refractivity contribution is 0.117. The predicted molar refractivity (Wildman–Crippen MR) is 131 cm³/mol. The molecular weight excluding hydrogens is 442 g/mol. The first-order valence-electron chi connectivity index (χ1n) is 11.3. The molecule has 0 amide bonds. The first-order valence-corrected chi connectivity index (χ1v) is 15.7. The molecule has 1 aromatic carbocycles. The number of rotatable bonds is 7. The molecule has 1 aliphatic carbocycles. The molecule has 1 fully saturated rings. The Labute approximate surface area is 195 Å². The summed E-state index contributed by atoms with van der Waals surface area (Å²) in [6.07, 6.45) is 4.87. The van der Waals surface area contributed by atoms with E-state index < -0.39 is 31.9 Å². The Hall–Kier alpha value is -1.56.